The van der Waals surface area contributed by atoms with E-state index in [0.717, 1.165) is 0 Å². The summed E-state index contributed by atoms with van der Waals surface area (Å²) < 4.78 is 28.7. The number of primary sulfonamides is 1. The molecule has 6 nitrogen and oxygen atoms in total. The molecule has 2 rings (SSSR count). The molecule has 0 unspecified atom stereocenters. The molecule has 0 aliphatic heterocycles. The number of hydrogen-bond acceptors (Lipinski definition) is 4. The summed E-state index contributed by atoms with van der Waals surface area (Å²) in [5, 5.41) is 8.85. The zero-order valence-electron chi connectivity index (χ0n) is 11.5. The summed E-state index contributed by atoms with van der Waals surface area (Å²) in [6, 6.07) is 9.88. The third-order valence-electron chi connectivity index (χ3n) is 3.02. The third kappa shape index (κ3) is 3.50. The number of rotatable bonds is 5. The van der Waals surface area contributed by atoms with Gasteiger partial charge in [0.1, 0.15) is 5.75 Å². The van der Waals surface area contributed by atoms with E-state index in [4.69, 9.17) is 9.88 Å². The van der Waals surface area contributed by atoms with E-state index in [-0.39, 0.29) is 23.8 Å². The summed E-state index contributed by atoms with van der Waals surface area (Å²) in [7, 11) is -2.25. The van der Waals surface area contributed by atoms with Gasteiger partial charge < -0.3 is 10.1 Å². The third-order valence-corrected chi connectivity index (χ3v) is 3.99. The summed E-state index contributed by atoms with van der Waals surface area (Å²) in [6.07, 6.45) is 0.224. The van der Waals surface area contributed by atoms with E-state index in [2.05, 4.69) is 5.32 Å². The van der Waals surface area contributed by atoms with Crippen LogP contribution in [0.4, 0.5) is 0 Å². The summed E-state index contributed by atoms with van der Waals surface area (Å²) in [5.74, 6) is 0.391. The first kappa shape index (κ1) is 15.3. The van der Waals surface area contributed by atoms with Crippen LogP contribution in [-0.4, -0.2) is 28.0 Å². The quantitative estimate of drug-likeness (QED) is 0.861. The van der Waals surface area contributed by atoms with Gasteiger partial charge in [0.25, 0.3) is 0 Å². The van der Waals surface area contributed by atoms with Crippen molar-refractivity contribution in [2.24, 2.45) is 5.14 Å². The van der Waals surface area contributed by atoms with Crippen molar-refractivity contribution in [3.05, 3.63) is 36.4 Å². The van der Waals surface area contributed by atoms with Gasteiger partial charge in [0.2, 0.25) is 15.9 Å². The fourth-order valence-electron chi connectivity index (χ4n) is 2.00. The van der Waals surface area contributed by atoms with Crippen LogP contribution in [0.2, 0.25) is 0 Å². The summed E-state index contributed by atoms with van der Waals surface area (Å²) in [5.41, 5.74) is 0. The normalized spacial score (nSPS) is 11.3. The molecule has 2 aromatic rings. The smallest absolute Gasteiger partial charge is 0.238 e. The maximum Gasteiger partial charge on any atom is 0.238 e. The van der Waals surface area contributed by atoms with Crippen molar-refractivity contribution < 1.29 is 17.9 Å². The number of sulfonamides is 1. The van der Waals surface area contributed by atoms with Crippen molar-refractivity contribution in [2.75, 3.05) is 13.7 Å². The van der Waals surface area contributed by atoms with Crippen LogP contribution in [-0.2, 0) is 14.8 Å². The molecule has 0 atom stereocenters. The zero-order valence-corrected chi connectivity index (χ0v) is 12.3. The molecule has 0 saturated heterocycles. The van der Waals surface area contributed by atoms with Gasteiger partial charge >= 0.3 is 0 Å². The van der Waals surface area contributed by atoms with Crippen molar-refractivity contribution in [3.8, 4) is 5.75 Å². The molecule has 0 aliphatic rings. The van der Waals surface area contributed by atoms with Crippen LogP contribution in [0.1, 0.15) is 6.42 Å². The van der Waals surface area contributed by atoms with E-state index >= 15 is 0 Å². The number of fused-ring (bicyclic) bond motifs is 1. The number of nitrogens with two attached hydrogens (primary N) is 1. The first-order chi connectivity index (χ1) is 9.93. The second kappa shape index (κ2) is 6.11. The Morgan fingerprint density at radius 1 is 1.19 bits per heavy atom. The van der Waals surface area contributed by atoms with Gasteiger partial charge in [0.15, 0.2) is 0 Å². The molecular formula is C14H16N2O4S. The fraction of sp³-hybridized carbons (Fsp3) is 0.214. The maximum absolute atomic E-state index is 11.6. The van der Waals surface area contributed by atoms with Gasteiger partial charge in [-0.1, -0.05) is 24.3 Å². The molecule has 0 spiro atoms. The van der Waals surface area contributed by atoms with Crippen molar-refractivity contribution in [2.45, 2.75) is 11.3 Å². The highest BCUT2D eigenvalue weighted by molar-refractivity contribution is 7.89. The Balaban J connectivity index is 2.37. The highest BCUT2D eigenvalue weighted by atomic mass is 32.2. The van der Waals surface area contributed by atoms with Gasteiger partial charge in [-0.3, -0.25) is 4.79 Å². The predicted molar refractivity (Wildman–Crippen MR) is 79.5 cm³/mol. The number of amides is 1. The van der Waals surface area contributed by atoms with Crippen LogP contribution in [0.15, 0.2) is 41.3 Å². The first-order valence-corrected chi connectivity index (χ1v) is 7.86. The lowest BCUT2D eigenvalue weighted by Crippen LogP contribution is -2.20. The molecule has 21 heavy (non-hydrogen) atoms. The van der Waals surface area contributed by atoms with Gasteiger partial charge in [-0.15, -0.1) is 0 Å². The van der Waals surface area contributed by atoms with Gasteiger partial charge in [-0.05, 0) is 12.1 Å². The molecule has 0 saturated carbocycles. The minimum absolute atomic E-state index is 0.0525. The zero-order chi connectivity index (χ0) is 15.5. The van der Waals surface area contributed by atoms with Crippen LogP contribution in [0, 0.1) is 0 Å². The van der Waals surface area contributed by atoms with Crippen LogP contribution >= 0.6 is 0 Å². The molecule has 0 aliphatic carbocycles. The lowest BCUT2D eigenvalue weighted by molar-refractivity contribution is -0.121. The van der Waals surface area contributed by atoms with Crippen LogP contribution in [0.3, 0.4) is 0 Å². The van der Waals surface area contributed by atoms with Crippen LogP contribution < -0.4 is 15.2 Å². The van der Waals surface area contributed by atoms with Gasteiger partial charge in [0.05, 0.1) is 17.9 Å². The Morgan fingerprint density at radius 3 is 2.48 bits per heavy atom. The largest absolute Gasteiger partial charge is 0.492 e. The SMILES string of the molecule is CNC(=O)CCOc1ccc(S(N)(=O)=O)c2ccccc12. The molecule has 7 heteroatoms. The van der Waals surface area contributed by atoms with E-state index in [9.17, 15) is 13.2 Å². The van der Waals surface area contributed by atoms with E-state index in [1.807, 2.05) is 0 Å². The van der Waals surface area contributed by atoms with Crippen LogP contribution in [0.5, 0.6) is 5.75 Å². The average molecular weight is 308 g/mol. The van der Waals surface area contributed by atoms with E-state index < -0.39 is 10.0 Å². The number of carbonyl (C=O) groups excluding carboxylic acids is 1. The monoisotopic (exact) mass is 308 g/mol. The molecule has 0 aromatic heterocycles. The standard InChI is InChI=1S/C14H16N2O4S/c1-16-14(17)8-9-20-12-6-7-13(21(15,18)19)11-5-3-2-4-10(11)12/h2-7H,8-9H2,1H3,(H,16,17)(H2,15,18,19). The summed E-state index contributed by atoms with van der Waals surface area (Å²) >= 11 is 0. The Kier molecular flexibility index (Phi) is 4.44. The number of hydrogen-bond donors (Lipinski definition) is 2. The summed E-state index contributed by atoms with van der Waals surface area (Å²) in [4.78, 5) is 11.2. The number of carbonyl (C=O) groups is 1. The summed E-state index contributed by atoms with van der Waals surface area (Å²) in [6.45, 7) is 0.207. The molecule has 3 N–H and O–H groups in total. The number of benzene rings is 2. The maximum atomic E-state index is 11.6. The number of ether oxygens (including phenoxy) is 1. The topological polar surface area (TPSA) is 98.5 Å². The highest BCUT2D eigenvalue weighted by Crippen LogP contribution is 2.30. The molecule has 0 radical (unpaired) electrons. The molecule has 2 aromatic carbocycles. The Bertz CT molecular complexity index is 772. The second-order valence-corrected chi connectivity index (χ2v) is 5.95. The Labute approximate surface area is 122 Å². The van der Waals surface area contributed by atoms with Gasteiger partial charge in [0, 0.05) is 17.8 Å². The molecule has 0 fully saturated rings. The lowest BCUT2D eigenvalue weighted by Gasteiger charge is -2.11. The van der Waals surface area contributed by atoms with E-state index in [1.165, 1.54) is 6.07 Å². The van der Waals surface area contributed by atoms with Gasteiger partial charge in [-0.2, -0.15) is 0 Å². The van der Waals surface area contributed by atoms with Crippen molar-refractivity contribution in [3.63, 3.8) is 0 Å². The first-order valence-electron chi connectivity index (χ1n) is 6.31. The van der Waals surface area contributed by atoms with Crippen LogP contribution in [0.25, 0.3) is 10.8 Å². The molecule has 0 bridgehead atoms. The average Bonchev–Trinajstić information content (AvgIpc) is 2.45. The van der Waals surface area contributed by atoms with Crippen molar-refractivity contribution in [1.29, 1.82) is 0 Å². The van der Waals surface area contributed by atoms with E-state index in [0.29, 0.717) is 16.5 Å². The fourth-order valence-corrected chi connectivity index (χ4v) is 2.74. The van der Waals surface area contributed by atoms with Crippen molar-refractivity contribution >= 4 is 26.7 Å². The van der Waals surface area contributed by atoms with Crippen molar-refractivity contribution in [1.82, 2.24) is 5.32 Å². The van der Waals surface area contributed by atoms with Gasteiger partial charge in [-0.25, -0.2) is 13.6 Å². The number of nitrogens with one attached hydrogen (secondary N) is 1. The molecular weight excluding hydrogens is 292 g/mol. The molecule has 112 valence electrons. The Morgan fingerprint density at radius 2 is 1.86 bits per heavy atom. The second-order valence-electron chi connectivity index (χ2n) is 4.42. The minimum Gasteiger partial charge on any atom is -0.492 e. The lowest BCUT2D eigenvalue weighted by atomic mass is 10.1. The highest BCUT2D eigenvalue weighted by Gasteiger charge is 2.14. The Hall–Kier alpha value is -2.12. The molecule has 1 amide bonds. The molecule has 0 heterocycles. The predicted octanol–water partition coefficient (Wildman–Crippen LogP) is 1.00. The van der Waals surface area contributed by atoms with E-state index in [1.54, 1.807) is 37.4 Å². The minimum atomic E-state index is -3.80.